The number of ether oxygens (including phenoxy) is 1. The SMILES string of the molecule is CC(C)(C)NCc1occc1COC1CCCCCC1. The van der Waals surface area contributed by atoms with Crippen molar-refractivity contribution in [1.82, 2.24) is 5.32 Å². The normalized spacial score (nSPS) is 18.1. The van der Waals surface area contributed by atoms with Gasteiger partial charge in [-0.3, -0.25) is 0 Å². The Kier molecular flexibility index (Phi) is 5.67. The maximum absolute atomic E-state index is 6.09. The highest BCUT2D eigenvalue weighted by molar-refractivity contribution is 5.16. The van der Waals surface area contributed by atoms with E-state index in [9.17, 15) is 0 Å². The molecule has 1 aromatic heterocycles. The molecule has 1 saturated carbocycles. The van der Waals surface area contributed by atoms with E-state index < -0.39 is 0 Å². The molecule has 1 fully saturated rings. The summed E-state index contributed by atoms with van der Waals surface area (Å²) in [4.78, 5) is 0. The van der Waals surface area contributed by atoms with E-state index in [1.807, 2.05) is 6.07 Å². The van der Waals surface area contributed by atoms with Gasteiger partial charge in [-0.15, -0.1) is 0 Å². The summed E-state index contributed by atoms with van der Waals surface area (Å²) in [5.74, 6) is 1.01. The van der Waals surface area contributed by atoms with Crippen molar-refractivity contribution in [2.75, 3.05) is 0 Å². The second kappa shape index (κ2) is 7.28. The van der Waals surface area contributed by atoms with E-state index in [1.54, 1.807) is 6.26 Å². The molecular formula is C17H29NO2. The van der Waals surface area contributed by atoms with E-state index in [2.05, 4.69) is 26.1 Å². The van der Waals surface area contributed by atoms with E-state index in [4.69, 9.17) is 9.15 Å². The van der Waals surface area contributed by atoms with Gasteiger partial charge in [0, 0.05) is 11.1 Å². The third-order valence-corrected chi connectivity index (χ3v) is 3.89. The van der Waals surface area contributed by atoms with Gasteiger partial charge in [0.05, 0.1) is 25.5 Å². The molecule has 0 aromatic carbocycles. The molecule has 0 spiro atoms. The zero-order valence-corrected chi connectivity index (χ0v) is 13.2. The summed E-state index contributed by atoms with van der Waals surface area (Å²) in [5.41, 5.74) is 1.29. The quantitative estimate of drug-likeness (QED) is 0.811. The van der Waals surface area contributed by atoms with Gasteiger partial charge >= 0.3 is 0 Å². The van der Waals surface area contributed by atoms with Gasteiger partial charge in [-0.2, -0.15) is 0 Å². The first-order valence-electron chi connectivity index (χ1n) is 7.96. The maximum Gasteiger partial charge on any atom is 0.123 e. The Morgan fingerprint density at radius 3 is 2.55 bits per heavy atom. The van der Waals surface area contributed by atoms with Gasteiger partial charge in [-0.25, -0.2) is 0 Å². The number of hydrogen-bond acceptors (Lipinski definition) is 3. The van der Waals surface area contributed by atoms with Crippen LogP contribution in [0.5, 0.6) is 0 Å². The molecule has 1 aliphatic carbocycles. The molecule has 3 nitrogen and oxygen atoms in total. The third-order valence-electron chi connectivity index (χ3n) is 3.89. The van der Waals surface area contributed by atoms with Gasteiger partial charge in [-0.05, 0) is 39.7 Å². The lowest BCUT2D eigenvalue weighted by Gasteiger charge is -2.20. The molecule has 0 radical (unpaired) electrons. The van der Waals surface area contributed by atoms with Crippen LogP contribution in [0.4, 0.5) is 0 Å². The van der Waals surface area contributed by atoms with Crippen LogP contribution in [0.15, 0.2) is 16.7 Å². The lowest BCUT2D eigenvalue weighted by atomic mass is 10.1. The molecule has 3 heteroatoms. The summed E-state index contributed by atoms with van der Waals surface area (Å²) in [6, 6.07) is 2.04. The fourth-order valence-corrected chi connectivity index (χ4v) is 2.61. The van der Waals surface area contributed by atoms with Crippen LogP contribution in [-0.4, -0.2) is 11.6 Å². The fourth-order valence-electron chi connectivity index (χ4n) is 2.61. The first kappa shape index (κ1) is 15.6. The minimum atomic E-state index is 0.103. The molecule has 1 aliphatic rings. The van der Waals surface area contributed by atoms with Crippen LogP contribution < -0.4 is 5.32 Å². The molecule has 0 unspecified atom stereocenters. The number of nitrogens with one attached hydrogen (secondary N) is 1. The largest absolute Gasteiger partial charge is 0.468 e. The summed E-state index contributed by atoms with van der Waals surface area (Å²) in [6.45, 7) is 7.94. The van der Waals surface area contributed by atoms with Crippen LogP contribution in [0.3, 0.4) is 0 Å². The average Bonchev–Trinajstić information content (AvgIpc) is 2.67. The third kappa shape index (κ3) is 5.29. The fraction of sp³-hybridized carbons (Fsp3) is 0.765. The molecule has 1 aromatic rings. The summed E-state index contributed by atoms with van der Waals surface area (Å²) in [5, 5.41) is 3.46. The molecule has 0 saturated heterocycles. The number of furan rings is 1. The van der Waals surface area contributed by atoms with Crippen molar-refractivity contribution in [2.24, 2.45) is 0 Å². The Hall–Kier alpha value is -0.800. The van der Waals surface area contributed by atoms with Crippen LogP contribution in [0, 0.1) is 0 Å². The van der Waals surface area contributed by atoms with Gasteiger partial charge in [0.2, 0.25) is 0 Å². The minimum Gasteiger partial charge on any atom is -0.468 e. The Balaban J connectivity index is 1.82. The van der Waals surface area contributed by atoms with Crippen molar-refractivity contribution < 1.29 is 9.15 Å². The molecule has 0 aliphatic heterocycles. The monoisotopic (exact) mass is 279 g/mol. The first-order valence-corrected chi connectivity index (χ1v) is 7.96. The predicted molar refractivity (Wildman–Crippen MR) is 81.6 cm³/mol. The van der Waals surface area contributed by atoms with Gasteiger partial charge in [-0.1, -0.05) is 25.7 Å². The smallest absolute Gasteiger partial charge is 0.123 e. The molecule has 2 rings (SSSR count). The van der Waals surface area contributed by atoms with Gasteiger partial charge in [0.25, 0.3) is 0 Å². The lowest BCUT2D eigenvalue weighted by Crippen LogP contribution is -2.35. The zero-order chi connectivity index (χ0) is 14.4. The minimum absolute atomic E-state index is 0.103. The summed E-state index contributed by atoms with van der Waals surface area (Å²) >= 11 is 0. The van der Waals surface area contributed by atoms with Gasteiger partial charge in [0.15, 0.2) is 0 Å². The highest BCUT2D eigenvalue weighted by Crippen LogP contribution is 2.22. The Labute approximate surface area is 123 Å². The highest BCUT2D eigenvalue weighted by atomic mass is 16.5. The van der Waals surface area contributed by atoms with Crippen LogP contribution in [0.1, 0.15) is 70.6 Å². The van der Waals surface area contributed by atoms with Crippen LogP contribution in [0.2, 0.25) is 0 Å². The topological polar surface area (TPSA) is 34.4 Å². The molecule has 1 heterocycles. The molecule has 114 valence electrons. The second-order valence-electron chi connectivity index (χ2n) is 6.90. The first-order chi connectivity index (χ1) is 9.54. The molecule has 0 atom stereocenters. The summed E-state index contributed by atoms with van der Waals surface area (Å²) in [6.07, 6.45) is 10.0. The van der Waals surface area contributed by atoms with Gasteiger partial charge < -0.3 is 14.5 Å². The maximum atomic E-state index is 6.09. The Morgan fingerprint density at radius 2 is 1.90 bits per heavy atom. The van der Waals surface area contributed by atoms with Crippen molar-refractivity contribution >= 4 is 0 Å². The van der Waals surface area contributed by atoms with Crippen molar-refractivity contribution in [3.63, 3.8) is 0 Å². The number of hydrogen-bond donors (Lipinski definition) is 1. The molecular weight excluding hydrogens is 250 g/mol. The van der Waals surface area contributed by atoms with Crippen LogP contribution >= 0.6 is 0 Å². The van der Waals surface area contributed by atoms with Crippen molar-refractivity contribution in [3.8, 4) is 0 Å². The molecule has 0 bridgehead atoms. The Bertz CT molecular complexity index is 384. The molecule has 20 heavy (non-hydrogen) atoms. The van der Waals surface area contributed by atoms with Crippen molar-refractivity contribution in [2.45, 2.75) is 84.1 Å². The van der Waals surface area contributed by atoms with Crippen molar-refractivity contribution in [1.29, 1.82) is 0 Å². The van der Waals surface area contributed by atoms with Crippen molar-refractivity contribution in [3.05, 3.63) is 23.7 Å². The standard InChI is InChI=1S/C17H29NO2/c1-17(2,3)18-12-16-14(10-11-19-16)13-20-15-8-6-4-5-7-9-15/h10-11,15,18H,4-9,12-13H2,1-3H3. The van der Waals surface area contributed by atoms with Gasteiger partial charge in [0.1, 0.15) is 5.76 Å². The van der Waals surface area contributed by atoms with Crippen LogP contribution in [-0.2, 0) is 17.9 Å². The van der Waals surface area contributed by atoms with E-state index in [0.717, 1.165) is 12.3 Å². The summed E-state index contributed by atoms with van der Waals surface area (Å²) in [7, 11) is 0. The zero-order valence-electron chi connectivity index (χ0n) is 13.2. The van der Waals surface area contributed by atoms with E-state index in [1.165, 1.54) is 44.1 Å². The number of rotatable bonds is 5. The molecule has 0 amide bonds. The molecule has 1 N–H and O–H groups in total. The lowest BCUT2D eigenvalue weighted by molar-refractivity contribution is 0.0301. The van der Waals surface area contributed by atoms with E-state index in [0.29, 0.717) is 12.7 Å². The van der Waals surface area contributed by atoms with Crippen LogP contribution in [0.25, 0.3) is 0 Å². The Morgan fingerprint density at radius 1 is 1.20 bits per heavy atom. The highest BCUT2D eigenvalue weighted by Gasteiger charge is 2.16. The van der Waals surface area contributed by atoms with E-state index >= 15 is 0 Å². The average molecular weight is 279 g/mol. The second-order valence-corrected chi connectivity index (χ2v) is 6.90. The van der Waals surface area contributed by atoms with E-state index in [-0.39, 0.29) is 5.54 Å². The summed E-state index contributed by atoms with van der Waals surface area (Å²) < 4.78 is 11.7. The predicted octanol–water partition coefficient (Wildman–Crippen LogP) is 4.41.